The molecule has 2 aliphatic carbocycles. The topological polar surface area (TPSA) is 86.5 Å². The Morgan fingerprint density at radius 2 is 1.69 bits per heavy atom. The number of rotatable bonds is 7. The van der Waals surface area contributed by atoms with Gasteiger partial charge in [-0.2, -0.15) is 0 Å². The Morgan fingerprint density at radius 1 is 1.03 bits per heavy atom. The van der Waals surface area contributed by atoms with E-state index in [1.165, 1.54) is 6.08 Å². The lowest BCUT2D eigenvalue weighted by atomic mass is 9.60. The Labute approximate surface area is 206 Å². The van der Waals surface area contributed by atoms with E-state index in [1.54, 1.807) is 25.3 Å². The highest BCUT2D eigenvalue weighted by Gasteiger charge is 2.55. The largest absolute Gasteiger partial charge is 0.497 e. The van der Waals surface area contributed by atoms with Crippen LogP contribution in [0.25, 0.3) is 6.08 Å². The molecular formula is C29H33NO5. The van der Waals surface area contributed by atoms with Crippen molar-refractivity contribution in [2.45, 2.75) is 57.4 Å². The molecule has 0 amide bonds. The van der Waals surface area contributed by atoms with Gasteiger partial charge in [-0.1, -0.05) is 67.3 Å². The number of ether oxygens (including phenoxy) is 1. The van der Waals surface area contributed by atoms with Crippen LogP contribution in [0, 0.1) is 34.8 Å². The fourth-order valence-electron chi connectivity index (χ4n) is 5.98. The highest BCUT2D eigenvalue weighted by atomic mass is 16.6. The minimum Gasteiger partial charge on any atom is -0.497 e. The Balaban J connectivity index is 1.69. The molecule has 2 fully saturated rings. The van der Waals surface area contributed by atoms with Crippen LogP contribution in [0.1, 0.15) is 61.1 Å². The molecule has 4 rings (SSSR count). The van der Waals surface area contributed by atoms with Gasteiger partial charge in [0, 0.05) is 17.3 Å². The predicted molar refractivity (Wildman–Crippen MR) is 135 cm³/mol. The lowest BCUT2D eigenvalue weighted by Crippen LogP contribution is -2.52. The predicted octanol–water partition coefficient (Wildman–Crippen LogP) is 5.80. The van der Waals surface area contributed by atoms with E-state index in [-0.39, 0.29) is 28.8 Å². The molecular weight excluding hydrogens is 442 g/mol. The van der Waals surface area contributed by atoms with Crippen molar-refractivity contribution >= 4 is 17.6 Å². The van der Waals surface area contributed by atoms with Crippen LogP contribution in [-0.4, -0.2) is 29.6 Å². The van der Waals surface area contributed by atoms with Crippen LogP contribution in [0.4, 0.5) is 0 Å². The lowest BCUT2D eigenvalue weighted by Gasteiger charge is -2.41. The summed E-state index contributed by atoms with van der Waals surface area (Å²) in [5, 5.41) is 12.5. The molecule has 35 heavy (non-hydrogen) atoms. The first-order valence-electron chi connectivity index (χ1n) is 12.5. The summed E-state index contributed by atoms with van der Waals surface area (Å²) in [5.41, 5.74) is 2.73. The number of benzene rings is 2. The molecule has 1 unspecified atom stereocenters. The number of nitrogens with zero attached hydrogens (tertiary/aromatic N) is 1. The van der Waals surface area contributed by atoms with E-state index < -0.39 is 23.8 Å². The fraction of sp³-hybridized carbons (Fsp3) is 0.448. The number of methoxy groups -OCH3 is 1. The summed E-state index contributed by atoms with van der Waals surface area (Å²) in [7, 11) is 1.57. The van der Waals surface area contributed by atoms with E-state index in [4.69, 9.17) is 4.74 Å². The van der Waals surface area contributed by atoms with Gasteiger partial charge in [-0.05, 0) is 55.0 Å². The fourth-order valence-corrected chi connectivity index (χ4v) is 5.98. The van der Waals surface area contributed by atoms with E-state index in [0.29, 0.717) is 5.75 Å². The van der Waals surface area contributed by atoms with Gasteiger partial charge >= 0.3 is 0 Å². The van der Waals surface area contributed by atoms with Crippen molar-refractivity contribution in [2.24, 2.45) is 17.8 Å². The summed E-state index contributed by atoms with van der Waals surface area (Å²) in [6.07, 6.45) is 7.86. The summed E-state index contributed by atoms with van der Waals surface area (Å²) in [5.74, 6) is -1.97. The first-order chi connectivity index (χ1) is 16.9. The molecule has 2 aliphatic rings. The molecule has 0 spiro atoms. The van der Waals surface area contributed by atoms with Gasteiger partial charge in [0.15, 0.2) is 5.78 Å². The second-order valence-corrected chi connectivity index (χ2v) is 9.93. The molecule has 0 aliphatic heterocycles. The minimum atomic E-state index is -0.981. The maximum absolute atomic E-state index is 13.5. The van der Waals surface area contributed by atoms with Gasteiger partial charge in [-0.15, -0.1) is 0 Å². The highest BCUT2D eigenvalue weighted by Crippen LogP contribution is 2.47. The number of hydrogen-bond donors (Lipinski definition) is 0. The summed E-state index contributed by atoms with van der Waals surface area (Å²) in [4.78, 5) is 39.3. The Hall–Kier alpha value is -3.28. The van der Waals surface area contributed by atoms with Crippen molar-refractivity contribution < 1.29 is 19.2 Å². The summed E-state index contributed by atoms with van der Waals surface area (Å²) < 4.78 is 5.23. The Kier molecular flexibility index (Phi) is 7.79. The number of carbonyl (C=O) groups is 2. The van der Waals surface area contributed by atoms with Gasteiger partial charge in [0.05, 0.1) is 18.9 Å². The van der Waals surface area contributed by atoms with E-state index in [0.717, 1.165) is 48.8 Å². The molecule has 0 aromatic heterocycles. The van der Waals surface area contributed by atoms with Crippen LogP contribution < -0.4 is 4.74 Å². The molecule has 0 bridgehead atoms. The van der Waals surface area contributed by atoms with Gasteiger partial charge in [-0.3, -0.25) is 19.7 Å². The third-order valence-corrected chi connectivity index (χ3v) is 7.76. The normalized spacial score (nSPS) is 25.5. The van der Waals surface area contributed by atoms with Gasteiger partial charge in [0.2, 0.25) is 6.04 Å². The Morgan fingerprint density at radius 3 is 2.29 bits per heavy atom. The third kappa shape index (κ3) is 5.53. The van der Waals surface area contributed by atoms with E-state index in [1.807, 2.05) is 43.3 Å². The minimum absolute atomic E-state index is 0.00399. The average molecular weight is 476 g/mol. The number of hydrogen-bond acceptors (Lipinski definition) is 5. The van der Waals surface area contributed by atoms with Gasteiger partial charge < -0.3 is 4.74 Å². The zero-order valence-electron chi connectivity index (χ0n) is 20.4. The smallest absolute Gasteiger partial charge is 0.224 e. The summed E-state index contributed by atoms with van der Waals surface area (Å²) in [6.45, 7) is 1.99. The maximum atomic E-state index is 13.5. The first kappa shape index (κ1) is 24.8. The summed E-state index contributed by atoms with van der Waals surface area (Å²) >= 11 is 0. The van der Waals surface area contributed by atoms with Crippen LogP contribution in [0.15, 0.2) is 54.6 Å². The maximum Gasteiger partial charge on any atom is 0.224 e. The quantitative estimate of drug-likeness (QED) is 0.219. The number of Topliss-reactive ketones (excluding diaryl/α,β-unsaturated/α-hetero) is 1. The molecule has 4 atom stereocenters. The molecule has 2 saturated carbocycles. The third-order valence-electron chi connectivity index (χ3n) is 7.76. The SMILES string of the molecule is COc1ccc([C@H]2CC(=O)C(C(=O)/C=C/c3ccc(C)cc3)[C@H](C3CCCCC3)[C@H]2[N+](=O)[O-])cc1. The number of carbonyl (C=O) groups excluding carboxylic acids is 2. The van der Waals surface area contributed by atoms with Crippen LogP contribution in [0.5, 0.6) is 5.75 Å². The molecule has 0 N–H and O–H groups in total. The van der Waals surface area contributed by atoms with E-state index in [9.17, 15) is 19.7 Å². The van der Waals surface area contributed by atoms with Crippen molar-refractivity contribution in [1.29, 1.82) is 0 Å². The van der Waals surface area contributed by atoms with Crippen LogP contribution in [-0.2, 0) is 9.59 Å². The monoisotopic (exact) mass is 475 g/mol. The van der Waals surface area contributed by atoms with Gasteiger partial charge in [-0.25, -0.2) is 0 Å². The zero-order valence-corrected chi connectivity index (χ0v) is 20.4. The highest BCUT2D eigenvalue weighted by molar-refractivity contribution is 6.10. The molecule has 0 saturated heterocycles. The molecule has 0 radical (unpaired) electrons. The van der Waals surface area contributed by atoms with Crippen molar-refractivity contribution in [3.05, 3.63) is 81.4 Å². The number of aryl methyl sites for hydroxylation is 1. The van der Waals surface area contributed by atoms with E-state index in [2.05, 4.69) is 0 Å². The Bertz CT molecular complexity index is 1080. The molecule has 2 aromatic rings. The second-order valence-electron chi connectivity index (χ2n) is 9.93. The van der Waals surface area contributed by atoms with Gasteiger partial charge in [0.25, 0.3) is 0 Å². The van der Waals surface area contributed by atoms with Crippen LogP contribution in [0.2, 0.25) is 0 Å². The van der Waals surface area contributed by atoms with Gasteiger partial charge in [0.1, 0.15) is 11.5 Å². The van der Waals surface area contributed by atoms with Crippen molar-refractivity contribution in [3.8, 4) is 5.75 Å². The molecule has 184 valence electrons. The van der Waals surface area contributed by atoms with Crippen LogP contribution in [0.3, 0.4) is 0 Å². The van der Waals surface area contributed by atoms with Crippen molar-refractivity contribution in [2.75, 3.05) is 7.11 Å². The molecule has 0 heterocycles. The van der Waals surface area contributed by atoms with Crippen LogP contribution >= 0.6 is 0 Å². The van der Waals surface area contributed by atoms with Crippen molar-refractivity contribution in [3.63, 3.8) is 0 Å². The van der Waals surface area contributed by atoms with Crippen molar-refractivity contribution in [1.82, 2.24) is 0 Å². The standard InChI is InChI=1S/C29H33NO5/c1-19-8-10-20(11-9-19)12-17-25(31)28-26(32)18-24(21-13-15-23(35-2)16-14-21)29(30(33)34)27(28)22-6-4-3-5-7-22/h8-17,22,24,27-29H,3-7,18H2,1-2H3/b17-12+/t24-,27+,28?,29+/m1/s1. The zero-order chi connectivity index (χ0) is 24.9. The summed E-state index contributed by atoms with van der Waals surface area (Å²) in [6, 6.07) is 13.9. The number of ketones is 2. The molecule has 6 nitrogen and oxygen atoms in total. The molecule has 2 aromatic carbocycles. The average Bonchev–Trinajstić information content (AvgIpc) is 2.88. The number of allylic oxidation sites excluding steroid dienone is 1. The first-order valence-corrected chi connectivity index (χ1v) is 12.5. The number of nitro groups is 1. The second kappa shape index (κ2) is 11.0. The van der Waals surface area contributed by atoms with E-state index >= 15 is 0 Å². The molecule has 6 heteroatoms. The lowest BCUT2D eigenvalue weighted by molar-refractivity contribution is -0.541.